The van der Waals surface area contributed by atoms with Crippen molar-refractivity contribution in [1.29, 1.82) is 0 Å². The van der Waals surface area contributed by atoms with Crippen LogP contribution in [-0.4, -0.2) is 37.5 Å². The highest BCUT2D eigenvalue weighted by molar-refractivity contribution is 6.36. The summed E-state index contributed by atoms with van der Waals surface area (Å²) in [5.41, 5.74) is 3.26. The Morgan fingerprint density at radius 1 is 0.879 bits per heavy atom. The predicted molar refractivity (Wildman–Crippen MR) is 141 cm³/mol. The lowest BCUT2D eigenvalue weighted by atomic mass is 10.0. The van der Waals surface area contributed by atoms with Gasteiger partial charge in [0.1, 0.15) is 0 Å². The van der Waals surface area contributed by atoms with Crippen molar-refractivity contribution in [2.24, 2.45) is 4.99 Å². The van der Waals surface area contributed by atoms with Gasteiger partial charge < -0.3 is 15.1 Å². The molecule has 1 fully saturated rings. The van der Waals surface area contributed by atoms with E-state index in [0.29, 0.717) is 21.6 Å². The van der Waals surface area contributed by atoms with E-state index in [-0.39, 0.29) is 6.04 Å². The number of piperazine rings is 1. The number of rotatable bonds is 4. The average Bonchev–Trinajstić information content (AvgIpc) is 2.81. The molecule has 0 radical (unpaired) electrons. The molecule has 1 aliphatic rings. The maximum atomic E-state index is 6.59. The Morgan fingerprint density at radius 2 is 1.52 bits per heavy atom. The van der Waals surface area contributed by atoms with Crippen molar-refractivity contribution in [1.82, 2.24) is 10.2 Å². The summed E-state index contributed by atoms with van der Waals surface area (Å²) in [4.78, 5) is 9.13. The van der Waals surface area contributed by atoms with E-state index in [1.165, 1.54) is 0 Å². The number of guanidine groups is 1. The van der Waals surface area contributed by atoms with E-state index in [2.05, 4.69) is 32.2 Å². The molecule has 0 spiro atoms. The molecule has 0 bridgehead atoms. The number of nitrogens with zero attached hydrogens (tertiary/aromatic N) is 3. The molecule has 1 unspecified atom stereocenters. The minimum atomic E-state index is 0.0591. The van der Waals surface area contributed by atoms with Gasteiger partial charge >= 0.3 is 0 Å². The summed E-state index contributed by atoms with van der Waals surface area (Å²) < 4.78 is 0. The molecule has 1 N–H and O–H groups in total. The zero-order chi connectivity index (χ0) is 23.4. The molecule has 0 amide bonds. The van der Waals surface area contributed by atoms with Crippen LogP contribution in [0.4, 0.5) is 5.69 Å². The Morgan fingerprint density at radius 3 is 2.15 bits per heavy atom. The Hall–Kier alpha value is -2.11. The maximum Gasteiger partial charge on any atom is 0.194 e. The van der Waals surface area contributed by atoms with Crippen molar-refractivity contribution >= 4 is 58.1 Å². The third-order valence-electron chi connectivity index (χ3n) is 5.73. The molecule has 8 heteroatoms. The van der Waals surface area contributed by atoms with Crippen LogP contribution in [0, 0.1) is 0 Å². The van der Waals surface area contributed by atoms with Gasteiger partial charge in [-0.2, -0.15) is 0 Å². The van der Waals surface area contributed by atoms with Gasteiger partial charge in [0, 0.05) is 48.3 Å². The summed E-state index contributed by atoms with van der Waals surface area (Å²) in [7, 11) is 1.81. The largest absolute Gasteiger partial charge is 0.360 e. The lowest BCUT2D eigenvalue weighted by Gasteiger charge is -2.44. The smallest absolute Gasteiger partial charge is 0.194 e. The Bertz CT molecular complexity index is 1120. The zero-order valence-electron chi connectivity index (χ0n) is 18.1. The molecule has 0 saturated carbocycles. The summed E-state index contributed by atoms with van der Waals surface area (Å²) in [5, 5.41) is 6.18. The Labute approximate surface area is 214 Å². The van der Waals surface area contributed by atoms with E-state index in [1.807, 2.05) is 55.6 Å². The van der Waals surface area contributed by atoms with Crippen molar-refractivity contribution in [2.75, 3.05) is 31.6 Å². The molecule has 4 nitrogen and oxygen atoms in total. The molecule has 4 rings (SSSR count). The fourth-order valence-corrected chi connectivity index (χ4v) is 4.83. The quantitative estimate of drug-likeness (QED) is 0.298. The first kappa shape index (κ1) is 24.0. The molecule has 1 aliphatic heterocycles. The SMILES string of the molecule is CN=C(NCc1ccc(Cl)cc1)N1CCN(c2ccc(Cl)cc2Cl)C(c2ccc(Cl)cc2)C1. The van der Waals surface area contributed by atoms with Crippen LogP contribution in [0.2, 0.25) is 20.1 Å². The Balaban J connectivity index is 1.57. The first-order valence-corrected chi connectivity index (χ1v) is 12.1. The maximum absolute atomic E-state index is 6.59. The van der Waals surface area contributed by atoms with E-state index in [4.69, 9.17) is 46.4 Å². The minimum absolute atomic E-state index is 0.0591. The average molecular weight is 522 g/mol. The zero-order valence-corrected chi connectivity index (χ0v) is 21.1. The van der Waals surface area contributed by atoms with Gasteiger partial charge in [0.25, 0.3) is 0 Å². The van der Waals surface area contributed by atoms with Crippen molar-refractivity contribution in [3.63, 3.8) is 0 Å². The fourth-order valence-electron chi connectivity index (χ4n) is 4.06. The Kier molecular flexibility index (Phi) is 7.92. The molecule has 0 aliphatic carbocycles. The van der Waals surface area contributed by atoms with Gasteiger partial charge in [0.15, 0.2) is 5.96 Å². The van der Waals surface area contributed by atoms with Crippen molar-refractivity contribution < 1.29 is 0 Å². The normalized spacial score (nSPS) is 16.8. The first-order valence-electron chi connectivity index (χ1n) is 10.6. The summed E-state index contributed by atoms with van der Waals surface area (Å²) in [6.45, 7) is 2.97. The molecule has 0 aromatic heterocycles. The monoisotopic (exact) mass is 520 g/mol. The number of hydrogen-bond acceptors (Lipinski definition) is 2. The molecule has 1 heterocycles. The molecule has 33 heavy (non-hydrogen) atoms. The second kappa shape index (κ2) is 10.9. The lowest BCUT2D eigenvalue weighted by molar-refractivity contribution is 0.320. The van der Waals surface area contributed by atoms with E-state index >= 15 is 0 Å². The number of nitrogens with one attached hydrogen (secondary N) is 1. The molecule has 1 atom stereocenters. The van der Waals surface area contributed by atoms with Crippen LogP contribution in [0.15, 0.2) is 71.7 Å². The fraction of sp³-hybridized carbons (Fsp3) is 0.240. The van der Waals surface area contributed by atoms with Gasteiger partial charge in [0.2, 0.25) is 0 Å². The topological polar surface area (TPSA) is 30.9 Å². The van der Waals surface area contributed by atoms with E-state index < -0.39 is 0 Å². The summed E-state index contributed by atoms with van der Waals surface area (Å²) in [6.07, 6.45) is 0. The van der Waals surface area contributed by atoms with Gasteiger partial charge in [-0.1, -0.05) is 70.7 Å². The lowest BCUT2D eigenvalue weighted by Crippen LogP contribution is -2.53. The third kappa shape index (κ3) is 5.88. The number of aliphatic imine (C=N–C) groups is 1. The summed E-state index contributed by atoms with van der Waals surface area (Å²) >= 11 is 24.9. The molecule has 172 valence electrons. The highest BCUT2D eigenvalue weighted by Gasteiger charge is 2.31. The van der Waals surface area contributed by atoms with Gasteiger partial charge in [-0.3, -0.25) is 4.99 Å². The number of hydrogen-bond donors (Lipinski definition) is 1. The second-order valence-corrected chi connectivity index (χ2v) is 9.55. The third-order valence-corrected chi connectivity index (χ3v) is 6.77. The van der Waals surface area contributed by atoms with Crippen LogP contribution in [0.3, 0.4) is 0 Å². The van der Waals surface area contributed by atoms with Crippen LogP contribution < -0.4 is 10.2 Å². The summed E-state index contributed by atoms with van der Waals surface area (Å²) in [5.74, 6) is 0.853. The van der Waals surface area contributed by atoms with Crippen molar-refractivity contribution in [3.05, 3.63) is 97.9 Å². The van der Waals surface area contributed by atoms with Crippen LogP contribution in [-0.2, 0) is 6.54 Å². The number of benzene rings is 3. The molecule has 3 aromatic rings. The van der Waals surface area contributed by atoms with E-state index in [0.717, 1.165) is 47.4 Å². The minimum Gasteiger partial charge on any atom is -0.360 e. The van der Waals surface area contributed by atoms with Crippen LogP contribution in [0.1, 0.15) is 17.2 Å². The van der Waals surface area contributed by atoms with E-state index in [9.17, 15) is 0 Å². The van der Waals surface area contributed by atoms with Gasteiger partial charge in [-0.05, 0) is 53.6 Å². The number of halogens is 4. The first-order chi connectivity index (χ1) is 15.9. The molecular formula is C25H24Cl4N4. The molecule has 3 aromatic carbocycles. The van der Waals surface area contributed by atoms with Gasteiger partial charge in [-0.15, -0.1) is 0 Å². The second-order valence-electron chi connectivity index (χ2n) is 7.83. The molecule has 1 saturated heterocycles. The number of anilines is 1. The summed E-state index contributed by atoms with van der Waals surface area (Å²) in [6, 6.07) is 21.5. The van der Waals surface area contributed by atoms with Crippen LogP contribution in [0.25, 0.3) is 0 Å². The van der Waals surface area contributed by atoms with Gasteiger partial charge in [0.05, 0.1) is 16.8 Å². The standard InChI is InChI=1S/C25H24Cl4N4/c1-30-25(31-15-17-2-6-19(26)7-3-17)32-12-13-33(23-11-10-21(28)14-22(23)29)24(16-32)18-4-8-20(27)9-5-18/h2-11,14,24H,12-13,15-16H2,1H3,(H,30,31). The van der Waals surface area contributed by atoms with Crippen molar-refractivity contribution in [3.8, 4) is 0 Å². The van der Waals surface area contributed by atoms with E-state index in [1.54, 1.807) is 6.07 Å². The van der Waals surface area contributed by atoms with Crippen LogP contribution in [0.5, 0.6) is 0 Å². The van der Waals surface area contributed by atoms with Gasteiger partial charge in [-0.25, -0.2) is 0 Å². The van der Waals surface area contributed by atoms with Crippen LogP contribution >= 0.6 is 46.4 Å². The highest BCUT2D eigenvalue weighted by Crippen LogP contribution is 2.36. The predicted octanol–water partition coefficient (Wildman–Crippen LogP) is 6.94. The molecular weight excluding hydrogens is 498 g/mol. The van der Waals surface area contributed by atoms with Crippen molar-refractivity contribution in [2.45, 2.75) is 12.6 Å². The highest BCUT2D eigenvalue weighted by atomic mass is 35.5.